The van der Waals surface area contributed by atoms with Crippen molar-refractivity contribution in [3.63, 3.8) is 0 Å². The molecule has 0 saturated carbocycles. The summed E-state index contributed by atoms with van der Waals surface area (Å²) in [5.74, 6) is 0. The maximum atomic E-state index is 9.32. The molecule has 2 heterocycles. The summed E-state index contributed by atoms with van der Waals surface area (Å²) in [7, 11) is 0. The van der Waals surface area contributed by atoms with E-state index < -0.39 is 0 Å². The first-order chi connectivity index (χ1) is 10.9. The first-order valence-corrected chi connectivity index (χ1v) is 6.78. The Balaban J connectivity index is 2.30. The van der Waals surface area contributed by atoms with Crippen LogP contribution in [-0.4, -0.2) is 15.2 Å². The van der Waals surface area contributed by atoms with E-state index in [-0.39, 0.29) is 5.49 Å². The summed E-state index contributed by atoms with van der Waals surface area (Å²) >= 11 is 0. The lowest BCUT2D eigenvalue weighted by molar-refractivity contribution is 0.298. The third kappa shape index (κ3) is 1.83. The Kier molecular flexibility index (Phi) is 2.83. The largest absolute Gasteiger partial charge is 0.439 e. The third-order valence-electron chi connectivity index (χ3n) is 3.57. The third-order valence-corrected chi connectivity index (χ3v) is 3.57. The number of rotatable bonds is 1. The summed E-state index contributed by atoms with van der Waals surface area (Å²) < 4.78 is 5.37. The topological polar surface area (TPSA) is 71.5 Å². The van der Waals surface area contributed by atoms with Crippen LogP contribution in [0.15, 0.2) is 70.6 Å². The van der Waals surface area contributed by atoms with Gasteiger partial charge in [-0.2, -0.15) is 0 Å². The second-order valence-corrected chi connectivity index (χ2v) is 4.83. The molecule has 0 bridgehead atoms. The molecule has 4 aromatic rings. The molecule has 5 nitrogen and oxygen atoms in total. The maximum absolute atomic E-state index is 9.32. The molecule has 2 aromatic heterocycles. The fraction of sp³-hybridized carbons (Fsp3) is 0. The molecule has 4 rings (SSSR count). The minimum absolute atomic E-state index is 0.113. The van der Waals surface area contributed by atoms with E-state index in [0.717, 1.165) is 22.0 Å². The Morgan fingerprint density at radius 1 is 0.909 bits per heavy atom. The van der Waals surface area contributed by atoms with E-state index in [0.29, 0.717) is 11.1 Å². The summed E-state index contributed by atoms with van der Waals surface area (Å²) in [6.07, 6.45) is 1.33. The van der Waals surface area contributed by atoms with Crippen molar-refractivity contribution in [2.24, 2.45) is 5.16 Å². The molecule has 22 heavy (non-hydrogen) atoms. The van der Waals surface area contributed by atoms with E-state index in [2.05, 4.69) is 15.1 Å². The predicted octanol–water partition coefficient (Wildman–Crippen LogP) is 3.33. The summed E-state index contributed by atoms with van der Waals surface area (Å²) in [6, 6.07) is 17.6. The van der Waals surface area contributed by atoms with Crippen LogP contribution in [0.5, 0.6) is 0 Å². The van der Waals surface area contributed by atoms with Gasteiger partial charge in [0, 0.05) is 16.3 Å². The number of hydrogen-bond donors (Lipinski definition) is 1. The van der Waals surface area contributed by atoms with Crippen molar-refractivity contribution in [1.82, 2.24) is 9.97 Å². The van der Waals surface area contributed by atoms with Crippen LogP contribution in [0, 0.1) is 0 Å². The van der Waals surface area contributed by atoms with Gasteiger partial charge in [0.05, 0.1) is 5.69 Å². The molecular formula is C17H11N3O2. The Morgan fingerprint density at radius 2 is 1.64 bits per heavy atom. The molecule has 0 unspecified atom stereocenters. The van der Waals surface area contributed by atoms with Crippen molar-refractivity contribution in [3.8, 4) is 11.3 Å². The van der Waals surface area contributed by atoms with Gasteiger partial charge in [0.15, 0.2) is 6.39 Å². The van der Waals surface area contributed by atoms with E-state index in [1.807, 2.05) is 54.6 Å². The fourth-order valence-electron chi connectivity index (χ4n) is 2.59. The monoisotopic (exact) mass is 289 g/mol. The zero-order valence-corrected chi connectivity index (χ0v) is 11.5. The normalized spacial score (nSPS) is 12.1. The molecule has 0 aliphatic heterocycles. The van der Waals surface area contributed by atoms with Gasteiger partial charge in [0.2, 0.25) is 11.1 Å². The van der Waals surface area contributed by atoms with Gasteiger partial charge in [-0.25, -0.2) is 9.97 Å². The molecular weight excluding hydrogens is 278 g/mol. The summed E-state index contributed by atoms with van der Waals surface area (Å²) in [6.45, 7) is 0. The van der Waals surface area contributed by atoms with E-state index in [4.69, 9.17) is 4.42 Å². The molecule has 1 N–H and O–H groups in total. The highest BCUT2D eigenvalue weighted by Crippen LogP contribution is 2.28. The molecule has 0 aliphatic carbocycles. The number of nitrogens with zero attached hydrogens (tertiary/aromatic N) is 3. The number of fused-ring (bicyclic) bond motifs is 3. The second kappa shape index (κ2) is 4.96. The van der Waals surface area contributed by atoms with Gasteiger partial charge in [-0.05, 0) is 0 Å². The van der Waals surface area contributed by atoms with Crippen molar-refractivity contribution in [2.75, 3.05) is 0 Å². The number of hydrogen-bond acceptors (Lipinski definition) is 5. The Labute approximate surface area is 125 Å². The van der Waals surface area contributed by atoms with E-state index in [1.54, 1.807) is 0 Å². The Bertz CT molecular complexity index is 1040. The van der Waals surface area contributed by atoms with Crippen LogP contribution in [0.25, 0.3) is 33.1 Å². The van der Waals surface area contributed by atoms with Crippen molar-refractivity contribution >= 4 is 21.9 Å². The Morgan fingerprint density at radius 3 is 2.41 bits per heavy atom. The lowest BCUT2D eigenvalue weighted by Crippen LogP contribution is -2.05. The summed E-state index contributed by atoms with van der Waals surface area (Å²) in [5.41, 5.74) is 2.75. The van der Waals surface area contributed by atoms with E-state index >= 15 is 0 Å². The minimum Gasteiger partial charge on any atom is -0.439 e. The van der Waals surface area contributed by atoms with Crippen LogP contribution >= 0.6 is 0 Å². The van der Waals surface area contributed by atoms with Crippen molar-refractivity contribution < 1.29 is 9.62 Å². The van der Waals surface area contributed by atoms with Crippen LogP contribution in [0.3, 0.4) is 0 Å². The van der Waals surface area contributed by atoms with Gasteiger partial charge in [0.1, 0.15) is 5.52 Å². The van der Waals surface area contributed by atoms with Crippen LogP contribution < -0.4 is 5.49 Å². The van der Waals surface area contributed by atoms with Gasteiger partial charge in [0.25, 0.3) is 0 Å². The van der Waals surface area contributed by atoms with Crippen molar-refractivity contribution in [2.45, 2.75) is 0 Å². The molecule has 0 amide bonds. The van der Waals surface area contributed by atoms with Gasteiger partial charge in [-0.1, -0.05) is 59.8 Å². The number of aromatic nitrogens is 2. The molecule has 2 aromatic carbocycles. The Hall–Kier alpha value is -3.21. The number of benzene rings is 2. The average Bonchev–Trinajstić information content (AvgIpc) is 3.02. The quantitative estimate of drug-likeness (QED) is 0.431. The van der Waals surface area contributed by atoms with Crippen LogP contribution in [0.4, 0.5) is 0 Å². The lowest BCUT2D eigenvalue weighted by Gasteiger charge is -2.01. The molecule has 0 spiro atoms. The zero-order chi connectivity index (χ0) is 14.9. The molecule has 5 heteroatoms. The van der Waals surface area contributed by atoms with Gasteiger partial charge >= 0.3 is 0 Å². The van der Waals surface area contributed by atoms with Gasteiger partial charge < -0.3 is 9.62 Å². The van der Waals surface area contributed by atoms with Crippen LogP contribution in [0.2, 0.25) is 0 Å². The highest BCUT2D eigenvalue weighted by atomic mass is 16.4. The molecule has 0 atom stereocenters. The summed E-state index contributed by atoms with van der Waals surface area (Å²) in [5, 5.41) is 14.4. The van der Waals surface area contributed by atoms with E-state index in [9.17, 15) is 5.21 Å². The minimum atomic E-state index is 0.113. The zero-order valence-electron chi connectivity index (χ0n) is 11.5. The van der Waals surface area contributed by atoms with Crippen molar-refractivity contribution in [3.05, 3.63) is 66.5 Å². The van der Waals surface area contributed by atoms with Crippen LogP contribution in [-0.2, 0) is 0 Å². The SMILES string of the molecule is ON=c1nc(-c2ccccc2)c2ccccc2c2ncoc12. The fourth-order valence-corrected chi connectivity index (χ4v) is 2.59. The van der Waals surface area contributed by atoms with Crippen LogP contribution in [0.1, 0.15) is 0 Å². The highest BCUT2D eigenvalue weighted by Gasteiger charge is 2.12. The smallest absolute Gasteiger partial charge is 0.237 e. The lowest BCUT2D eigenvalue weighted by atomic mass is 10.1. The molecule has 0 saturated heterocycles. The summed E-state index contributed by atoms with van der Waals surface area (Å²) in [4.78, 5) is 8.75. The molecule has 0 aliphatic rings. The van der Waals surface area contributed by atoms with E-state index in [1.165, 1.54) is 6.39 Å². The van der Waals surface area contributed by atoms with Crippen molar-refractivity contribution in [1.29, 1.82) is 0 Å². The predicted molar refractivity (Wildman–Crippen MR) is 82.1 cm³/mol. The highest BCUT2D eigenvalue weighted by molar-refractivity contribution is 6.06. The first kappa shape index (κ1) is 12.5. The molecule has 0 radical (unpaired) electrons. The molecule has 106 valence electrons. The number of oxazole rings is 1. The molecule has 0 fully saturated rings. The van der Waals surface area contributed by atoms with Gasteiger partial charge in [-0.3, -0.25) is 0 Å². The maximum Gasteiger partial charge on any atom is 0.237 e. The average molecular weight is 289 g/mol. The van der Waals surface area contributed by atoms with Gasteiger partial charge in [-0.15, -0.1) is 0 Å². The first-order valence-electron chi connectivity index (χ1n) is 6.78. The standard InChI is InChI=1S/C17H11N3O2/c21-20-17-16-15(18-10-22-16)13-9-5-4-8-12(13)14(19-17)11-6-2-1-3-7-11/h1-10,21H. The second-order valence-electron chi connectivity index (χ2n) is 4.83.